The van der Waals surface area contributed by atoms with Crippen LogP contribution in [0.25, 0.3) is 16.4 Å². The van der Waals surface area contributed by atoms with E-state index >= 15 is 0 Å². The molecule has 2 heterocycles. The molecule has 2 aromatic heterocycles. The molecule has 10 nitrogen and oxygen atoms in total. The molecule has 0 aliphatic heterocycles. The van der Waals surface area contributed by atoms with E-state index in [4.69, 9.17) is 16.3 Å². The van der Waals surface area contributed by atoms with E-state index in [0.717, 1.165) is 5.56 Å². The number of nitrogens with zero attached hydrogens (tertiary/aromatic N) is 5. The van der Waals surface area contributed by atoms with Crippen molar-refractivity contribution in [2.24, 2.45) is 10.2 Å². The van der Waals surface area contributed by atoms with Gasteiger partial charge in [0.1, 0.15) is 5.69 Å². The minimum Gasteiger partial charge on any atom is -0.494 e. The first-order valence-corrected chi connectivity index (χ1v) is 10.4. The molecule has 162 valence electrons. The second-order valence-electron chi connectivity index (χ2n) is 6.56. The third-order valence-electron chi connectivity index (χ3n) is 4.50. The van der Waals surface area contributed by atoms with Crippen LogP contribution in [0.4, 0.5) is 17.1 Å². The van der Waals surface area contributed by atoms with E-state index in [1.807, 2.05) is 17.5 Å². The first-order valence-electron chi connectivity index (χ1n) is 9.15. The van der Waals surface area contributed by atoms with Crippen molar-refractivity contribution in [2.45, 2.75) is 6.92 Å². The second-order valence-corrected chi connectivity index (χ2v) is 7.83. The molecule has 0 bridgehead atoms. The molecule has 0 aliphatic carbocycles. The number of hydrogen-bond donors (Lipinski definition) is 1. The molecule has 0 radical (unpaired) electrons. The van der Waals surface area contributed by atoms with Gasteiger partial charge in [-0.05, 0) is 25.1 Å². The average molecular weight is 471 g/mol. The van der Waals surface area contributed by atoms with Crippen molar-refractivity contribution in [3.05, 3.63) is 79.0 Å². The van der Waals surface area contributed by atoms with Gasteiger partial charge < -0.3 is 4.74 Å². The molecule has 4 rings (SSSR count). The number of rotatable bonds is 6. The van der Waals surface area contributed by atoms with Gasteiger partial charge in [0.25, 0.3) is 5.69 Å². The first-order chi connectivity index (χ1) is 15.4. The highest BCUT2D eigenvalue weighted by Gasteiger charge is 2.16. The van der Waals surface area contributed by atoms with Crippen molar-refractivity contribution in [2.75, 3.05) is 7.11 Å². The van der Waals surface area contributed by atoms with Gasteiger partial charge in [0.05, 0.1) is 29.5 Å². The van der Waals surface area contributed by atoms with Crippen LogP contribution < -0.4 is 10.3 Å². The van der Waals surface area contributed by atoms with Crippen LogP contribution in [0.5, 0.6) is 5.75 Å². The predicted molar refractivity (Wildman–Crippen MR) is 121 cm³/mol. The van der Waals surface area contributed by atoms with Gasteiger partial charge in [0, 0.05) is 22.0 Å². The van der Waals surface area contributed by atoms with Crippen LogP contribution in [-0.2, 0) is 0 Å². The lowest BCUT2D eigenvalue weighted by atomic mass is 10.2. The van der Waals surface area contributed by atoms with Crippen LogP contribution in [0.2, 0.25) is 5.02 Å². The van der Waals surface area contributed by atoms with E-state index in [0.29, 0.717) is 21.5 Å². The van der Waals surface area contributed by atoms with E-state index in [2.05, 4.69) is 20.3 Å². The summed E-state index contributed by atoms with van der Waals surface area (Å²) in [4.78, 5) is 27.8. The van der Waals surface area contributed by atoms with E-state index in [9.17, 15) is 14.9 Å². The summed E-state index contributed by atoms with van der Waals surface area (Å²) in [6.07, 6.45) is 0. The van der Waals surface area contributed by atoms with Gasteiger partial charge in [-0.15, -0.1) is 21.6 Å². The Kier molecular flexibility index (Phi) is 5.84. The maximum atomic E-state index is 12.9. The van der Waals surface area contributed by atoms with Gasteiger partial charge in [0.15, 0.2) is 11.4 Å². The van der Waals surface area contributed by atoms with Gasteiger partial charge in [-0.1, -0.05) is 23.7 Å². The fourth-order valence-corrected chi connectivity index (χ4v) is 3.79. The summed E-state index contributed by atoms with van der Waals surface area (Å²) in [5, 5.41) is 24.9. The third kappa shape index (κ3) is 4.15. The standard InChI is InChI=1S/C20H15ClN6O4S/c1-11-18(24-23-15-8-7-14(27(29)30)9-17(15)31-2)19(28)26(25-11)20-22-16(10-32-20)12-3-5-13(21)6-4-12/h3-10,25H,1-2H3. The number of thiazole rings is 1. The SMILES string of the molecule is COc1cc([N+](=O)[O-])ccc1N=Nc1c(C)[nH]n(-c2nc(-c3ccc(Cl)cc3)cs2)c1=O. The number of halogens is 1. The number of nitro groups is 1. The first kappa shape index (κ1) is 21.4. The predicted octanol–water partition coefficient (Wildman–Crippen LogP) is 5.58. The molecule has 32 heavy (non-hydrogen) atoms. The molecule has 0 unspecified atom stereocenters. The zero-order chi connectivity index (χ0) is 22.8. The molecule has 4 aromatic rings. The van der Waals surface area contributed by atoms with E-state index in [1.54, 1.807) is 19.1 Å². The van der Waals surface area contributed by atoms with Gasteiger partial charge in [-0.3, -0.25) is 20.0 Å². The van der Waals surface area contributed by atoms with E-state index in [-0.39, 0.29) is 22.8 Å². The molecular weight excluding hydrogens is 456 g/mol. The number of aryl methyl sites for hydroxylation is 1. The van der Waals surface area contributed by atoms with E-state index in [1.165, 1.54) is 41.3 Å². The van der Waals surface area contributed by atoms with Crippen molar-refractivity contribution < 1.29 is 9.66 Å². The van der Waals surface area contributed by atoms with Crippen molar-refractivity contribution >= 4 is 40.0 Å². The van der Waals surface area contributed by atoms with Gasteiger partial charge in [0.2, 0.25) is 5.13 Å². The average Bonchev–Trinajstić information content (AvgIpc) is 3.37. The number of methoxy groups -OCH3 is 1. The Labute approximate surface area is 189 Å². The van der Waals surface area contributed by atoms with E-state index < -0.39 is 10.5 Å². The second kappa shape index (κ2) is 8.73. The lowest BCUT2D eigenvalue weighted by molar-refractivity contribution is -0.384. The number of H-pyrrole nitrogens is 1. The number of aromatic nitrogens is 3. The largest absolute Gasteiger partial charge is 0.494 e. The number of hydrogen-bond acceptors (Lipinski definition) is 8. The monoisotopic (exact) mass is 470 g/mol. The number of aromatic amines is 1. The Balaban J connectivity index is 1.65. The molecular formula is C20H15ClN6O4S. The van der Waals surface area contributed by atoms with Crippen LogP contribution in [0.3, 0.4) is 0 Å². The quantitative estimate of drug-likeness (QED) is 0.223. The summed E-state index contributed by atoms with van der Waals surface area (Å²) in [6, 6.07) is 11.2. The molecule has 1 N–H and O–H groups in total. The van der Waals surface area contributed by atoms with Crippen molar-refractivity contribution in [3.63, 3.8) is 0 Å². The molecule has 0 atom stereocenters. The highest BCUT2D eigenvalue weighted by molar-refractivity contribution is 7.12. The fraction of sp³-hybridized carbons (Fsp3) is 0.100. The number of ether oxygens (including phenoxy) is 1. The summed E-state index contributed by atoms with van der Waals surface area (Å²) in [7, 11) is 1.37. The molecule has 0 amide bonds. The number of nitrogens with one attached hydrogen (secondary N) is 1. The van der Waals surface area contributed by atoms with Crippen molar-refractivity contribution in [1.29, 1.82) is 0 Å². The van der Waals surface area contributed by atoms with Crippen LogP contribution in [0.15, 0.2) is 62.9 Å². The minimum atomic E-state index is -0.537. The zero-order valence-corrected chi connectivity index (χ0v) is 18.3. The molecule has 0 saturated carbocycles. The van der Waals surface area contributed by atoms with Crippen molar-refractivity contribution in [1.82, 2.24) is 14.8 Å². The maximum Gasteiger partial charge on any atom is 0.301 e. The summed E-state index contributed by atoms with van der Waals surface area (Å²) in [5.41, 5.74) is 1.85. The van der Waals surface area contributed by atoms with Gasteiger partial charge in [-0.2, -0.15) is 4.68 Å². The van der Waals surface area contributed by atoms with Gasteiger partial charge in [-0.25, -0.2) is 4.98 Å². The molecule has 0 fully saturated rings. The Hall–Kier alpha value is -3.83. The summed E-state index contributed by atoms with van der Waals surface area (Å²) in [6.45, 7) is 1.69. The van der Waals surface area contributed by atoms with Gasteiger partial charge >= 0.3 is 5.56 Å². The minimum absolute atomic E-state index is 0.0913. The van der Waals surface area contributed by atoms with Crippen LogP contribution in [-0.4, -0.2) is 26.8 Å². The molecule has 0 spiro atoms. The van der Waals surface area contributed by atoms with Crippen LogP contribution in [0.1, 0.15) is 5.69 Å². The summed E-state index contributed by atoms with van der Waals surface area (Å²) >= 11 is 7.22. The topological polar surface area (TPSA) is 128 Å². The Bertz CT molecular complexity index is 1390. The number of azo groups is 1. The fourth-order valence-electron chi connectivity index (χ4n) is 2.88. The smallest absolute Gasteiger partial charge is 0.301 e. The number of nitro benzene ring substituents is 1. The lowest BCUT2D eigenvalue weighted by Gasteiger charge is -2.02. The van der Waals surface area contributed by atoms with Crippen LogP contribution >= 0.6 is 22.9 Å². The molecule has 0 saturated heterocycles. The molecule has 0 aliphatic rings. The lowest BCUT2D eigenvalue weighted by Crippen LogP contribution is -2.13. The highest BCUT2D eigenvalue weighted by atomic mass is 35.5. The van der Waals surface area contributed by atoms with Crippen molar-refractivity contribution in [3.8, 4) is 22.1 Å². The summed E-state index contributed by atoms with van der Waals surface area (Å²) < 4.78 is 6.44. The third-order valence-corrected chi connectivity index (χ3v) is 5.57. The molecule has 12 heteroatoms. The number of benzene rings is 2. The highest BCUT2D eigenvalue weighted by Crippen LogP contribution is 2.32. The normalized spacial score (nSPS) is 11.2. The number of non-ortho nitro benzene ring substituents is 1. The Morgan fingerprint density at radius 3 is 2.66 bits per heavy atom. The summed E-state index contributed by atoms with van der Waals surface area (Å²) in [5.74, 6) is 0.170. The molecule has 2 aromatic carbocycles. The maximum absolute atomic E-state index is 12.9. The Morgan fingerprint density at radius 2 is 1.97 bits per heavy atom. The zero-order valence-electron chi connectivity index (χ0n) is 16.8. The Morgan fingerprint density at radius 1 is 1.22 bits per heavy atom. The van der Waals surface area contributed by atoms with Crippen LogP contribution in [0, 0.1) is 17.0 Å².